The number of carboxylic acid groups (broad SMARTS) is 7. The molecule has 1 aromatic carbocycles. The summed E-state index contributed by atoms with van der Waals surface area (Å²) >= 11 is 13.9. The lowest BCUT2D eigenvalue weighted by molar-refractivity contribution is -0.148. The molecule has 14 N–H and O–H groups in total. The maximum Gasteiger partial charge on any atom is 0.326 e. The van der Waals surface area contributed by atoms with Gasteiger partial charge in [0.05, 0.1) is 59.3 Å². The van der Waals surface area contributed by atoms with Crippen LogP contribution in [0.1, 0.15) is 64.2 Å². The van der Waals surface area contributed by atoms with E-state index in [1.807, 2.05) is 10.6 Å². The zero-order valence-corrected chi connectivity index (χ0v) is 43.6. The van der Waals surface area contributed by atoms with Gasteiger partial charge in [-0.3, -0.25) is 62.3 Å². The number of nitrogens with zero attached hydrogens (tertiary/aromatic N) is 2. The van der Waals surface area contributed by atoms with Gasteiger partial charge in [-0.1, -0.05) is 6.42 Å². The number of rotatable bonds is 32. The van der Waals surface area contributed by atoms with Gasteiger partial charge in [-0.05, 0) is 76.6 Å². The predicted molar refractivity (Wildman–Crippen MR) is 255 cm³/mol. The highest BCUT2D eigenvalue weighted by molar-refractivity contribution is 9.15. The minimum absolute atomic E-state index is 0.0846. The Morgan fingerprint density at radius 1 is 0.438 bits per heavy atom. The zero-order chi connectivity index (χ0) is 55.4. The SMILES string of the molecule is O=C(O)C[C@H](NC(=O)[C@H](CC(=O)O)NC(=O)[C@H](CC(=O)O)NC(=O)[C@H](CC(=O)O)NC(=O)[C@H](CC(=O)O)NC(=O)[C@@H](CC(=O)O)NC(=O)CCCCCNC(=O)Cn1cnc2c(Br)c(Br)c(Br)c(Br)c21)C(=O)O. The van der Waals surface area contributed by atoms with Crippen molar-refractivity contribution in [3.05, 3.63) is 24.2 Å². The van der Waals surface area contributed by atoms with Gasteiger partial charge in [0.25, 0.3) is 0 Å². The second-order valence-electron chi connectivity index (χ2n) is 15.3. The van der Waals surface area contributed by atoms with Gasteiger partial charge in [-0.25, -0.2) is 9.78 Å². The van der Waals surface area contributed by atoms with Crippen LogP contribution in [0.2, 0.25) is 0 Å². The van der Waals surface area contributed by atoms with Gasteiger partial charge in [0.2, 0.25) is 41.4 Å². The normalized spacial score (nSPS) is 13.3. The molecule has 2 rings (SSSR count). The van der Waals surface area contributed by atoms with Crippen LogP contribution < -0.4 is 37.2 Å². The molecule has 30 nitrogen and oxygen atoms in total. The Balaban J connectivity index is 2.13. The van der Waals surface area contributed by atoms with Crippen molar-refractivity contribution < 1.29 is 103 Å². The smallest absolute Gasteiger partial charge is 0.326 e. The summed E-state index contributed by atoms with van der Waals surface area (Å²) in [5.41, 5.74) is 1.23. The number of benzene rings is 1. The largest absolute Gasteiger partial charge is 0.481 e. The number of amides is 7. The number of aromatic nitrogens is 2. The van der Waals surface area contributed by atoms with Crippen LogP contribution in [-0.4, -0.2) is 171 Å². The van der Waals surface area contributed by atoms with E-state index in [2.05, 4.69) is 79.3 Å². The first kappa shape index (κ1) is 62.3. The number of aliphatic carboxylic acids is 7. The highest BCUT2D eigenvalue weighted by atomic mass is 79.9. The number of hydrogen-bond acceptors (Lipinski definition) is 15. The molecule has 0 spiro atoms. The Morgan fingerprint density at radius 3 is 1.15 bits per heavy atom. The molecule has 1 heterocycles. The molecule has 6 atom stereocenters. The monoisotopic (exact) mass is 1290 g/mol. The quantitative estimate of drug-likeness (QED) is 0.0228. The van der Waals surface area contributed by atoms with E-state index in [1.165, 1.54) is 6.33 Å². The summed E-state index contributed by atoms with van der Waals surface area (Å²) in [5.74, 6) is -21.7. The van der Waals surface area contributed by atoms with Gasteiger partial charge in [0, 0.05) is 21.9 Å². The van der Waals surface area contributed by atoms with E-state index in [-0.39, 0.29) is 31.8 Å². The first-order valence-corrected chi connectivity index (χ1v) is 24.0. The Hall–Kier alpha value is -6.81. The molecule has 0 aliphatic heterocycles. The van der Waals surface area contributed by atoms with Crippen LogP contribution in [0.4, 0.5) is 0 Å². The summed E-state index contributed by atoms with van der Waals surface area (Å²) in [7, 11) is 0. The minimum atomic E-state index is -2.33. The molecule has 7 amide bonds. The molecule has 73 heavy (non-hydrogen) atoms. The van der Waals surface area contributed by atoms with Gasteiger partial charge in [-0.15, -0.1) is 0 Å². The van der Waals surface area contributed by atoms with Crippen molar-refractivity contribution in [1.29, 1.82) is 0 Å². The molecule has 0 bridgehead atoms. The average molecular weight is 1300 g/mol. The fourth-order valence-corrected chi connectivity index (χ4v) is 8.65. The third kappa shape index (κ3) is 21.1. The number of nitrogens with one attached hydrogen (secondary N) is 7. The lowest BCUT2D eigenvalue weighted by Crippen LogP contribution is -2.60. The number of halogens is 4. The highest BCUT2D eigenvalue weighted by Crippen LogP contribution is 2.43. The van der Waals surface area contributed by atoms with Crippen LogP contribution in [-0.2, 0) is 73.7 Å². The van der Waals surface area contributed by atoms with Crippen LogP contribution in [0.25, 0.3) is 11.0 Å². The summed E-state index contributed by atoms with van der Waals surface area (Å²) in [6.07, 6.45) is -5.57. The van der Waals surface area contributed by atoms with Crippen LogP contribution in [0, 0.1) is 0 Å². The first-order chi connectivity index (χ1) is 34.0. The molecular weight excluding hydrogens is 1250 g/mol. The summed E-state index contributed by atoms with van der Waals surface area (Å²) < 4.78 is 4.34. The average Bonchev–Trinajstić information content (AvgIpc) is 3.69. The zero-order valence-electron chi connectivity index (χ0n) is 37.3. The summed E-state index contributed by atoms with van der Waals surface area (Å²) in [5, 5.41) is 79.1. The molecule has 0 saturated heterocycles. The number of carboxylic acids is 7. The summed E-state index contributed by atoms with van der Waals surface area (Å²) in [6, 6.07) is -13.2. The maximum atomic E-state index is 13.4. The van der Waals surface area contributed by atoms with Crippen molar-refractivity contribution in [3.63, 3.8) is 0 Å². The van der Waals surface area contributed by atoms with Crippen LogP contribution in [0.5, 0.6) is 0 Å². The summed E-state index contributed by atoms with van der Waals surface area (Å²) in [6.45, 7) is 0.113. The number of fused-ring (bicyclic) bond motifs is 1. The molecule has 0 aliphatic rings. The van der Waals surface area contributed by atoms with Crippen molar-refractivity contribution in [3.8, 4) is 0 Å². The standard InChI is InChI=1S/C39H45Br4N9O21/c40-28-29(41)31(43)33-32(30(28)42)45-13-52(33)12-21(54)44-5-3-1-2-4-20(53)46-14(6-22(55)56)34(67)47-15(7-23(57)58)35(68)48-16(8-24(59)60)36(69)49-17(9-25(61)62)37(70)50-18(10-26(63)64)38(71)51-19(39(72)73)11-27(65)66/h13-19H,1-12H2,(H,44,54)(H,46,53)(H,47,67)(H,48,68)(H,49,69)(H,50,70)(H,51,71)(H,55,56)(H,57,58)(H,59,60)(H,61,62)(H,63,64)(H,65,66)(H,72,73)/t14-,15+,16+,17+,18+,19+/m1/s1. The van der Waals surface area contributed by atoms with E-state index in [0.717, 1.165) is 0 Å². The number of imidazole rings is 1. The van der Waals surface area contributed by atoms with E-state index >= 15 is 0 Å². The topological polar surface area (TPSA) is 483 Å². The number of carbonyl (C=O) groups excluding carboxylic acids is 7. The highest BCUT2D eigenvalue weighted by Gasteiger charge is 2.36. The Bertz CT molecular complexity index is 2520. The Labute approximate surface area is 443 Å². The molecule has 0 radical (unpaired) electrons. The molecule has 0 unspecified atom stereocenters. The van der Waals surface area contributed by atoms with Crippen molar-refractivity contribution in [2.24, 2.45) is 0 Å². The first-order valence-electron chi connectivity index (χ1n) is 20.8. The number of hydrogen-bond donors (Lipinski definition) is 14. The second kappa shape index (κ2) is 29.6. The van der Waals surface area contributed by atoms with Gasteiger partial charge in [0.15, 0.2) is 0 Å². The van der Waals surface area contributed by atoms with Crippen LogP contribution >= 0.6 is 63.7 Å². The van der Waals surface area contributed by atoms with Crippen molar-refractivity contribution in [2.75, 3.05) is 6.54 Å². The third-order valence-corrected chi connectivity index (χ3v) is 14.3. The molecule has 400 valence electrons. The van der Waals surface area contributed by atoms with Crippen molar-refractivity contribution >= 4 is 158 Å². The maximum absolute atomic E-state index is 13.4. The van der Waals surface area contributed by atoms with Gasteiger partial charge in [-0.2, -0.15) is 0 Å². The van der Waals surface area contributed by atoms with E-state index < -0.39 is 152 Å². The predicted octanol–water partition coefficient (Wildman–Crippen LogP) is -1.40. The molecule has 0 fully saturated rings. The Morgan fingerprint density at radius 2 is 0.781 bits per heavy atom. The van der Waals surface area contributed by atoms with Crippen LogP contribution in [0.3, 0.4) is 0 Å². The van der Waals surface area contributed by atoms with E-state index in [9.17, 15) is 97.8 Å². The van der Waals surface area contributed by atoms with E-state index in [1.54, 1.807) is 20.5 Å². The third-order valence-electron chi connectivity index (χ3n) is 9.62. The molecule has 1 aromatic heterocycles. The molecule has 0 saturated carbocycles. The minimum Gasteiger partial charge on any atom is -0.481 e. The second-order valence-corrected chi connectivity index (χ2v) is 18.5. The molecular formula is C39H45Br4N9O21. The van der Waals surface area contributed by atoms with E-state index in [4.69, 9.17) is 5.11 Å². The van der Waals surface area contributed by atoms with Crippen molar-refractivity contribution in [2.45, 2.75) is 107 Å². The van der Waals surface area contributed by atoms with E-state index in [0.29, 0.717) is 41.8 Å². The Kier molecular flexibility index (Phi) is 25.3. The summed E-state index contributed by atoms with van der Waals surface area (Å²) in [4.78, 5) is 177. The molecule has 0 aliphatic carbocycles. The number of unbranched alkanes of at least 4 members (excludes halogenated alkanes) is 2. The van der Waals surface area contributed by atoms with Gasteiger partial charge in [0.1, 0.15) is 48.3 Å². The fourth-order valence-electron chi connectivity index (χ4n) is 6.24. The molecule has 34 heteroatoms. The van der Waals surface area contributed by atoms with Crippen LogP contribution in [0.15, 0.2) is 24.2 Å². The molecule has 2 aromatic rings. The van der Waals surface area contributed by atoms with Crippen molar-refractivity contribution in [1.82, 2.24) is 46.8 Å². The number of carbonyl (C=O) groups is 14. The lowest BCUT2D eigenvalue weighted by Gasteiger charge is -2.26. The van der Waals surface area contributed by atoms with Gasteiger partial charge < -0.3 is 77.5 Å². The van der Waals surface area contributed by atoms with Gasteiger partial charge >= 0.3 is 41.8 Å². The fraction of sp³-hybridized carbons (Fsp3) is 0.462. The lowest BCUT2D eigenvalue weighted by atomic mass is 10.1.